The van der Waals surface area contributed by atoms with E-state index in [1.807, 2.05) is 36.4 Å². The van der Waals surface area contributed by atoms with Crippen LogP contribution in [0.4, 0.5) is 11.8 Å². The monoisotopic (exact) mass is 386 g/mol. The Bertz CT molecular complexity index is 1100. The quantitative estimate of drug-likeness (QED) is 0.474. The molecule has 7 heteroatoms. The average Bonchev–Trinajstić information content (AvgIpc) is 3.19. The second kappa shape index (κ2) is 7.79. The maximum Gasteiger partial charge on any atom is 0.226 e. The zero-order valence-corrected chi connectivity index (χ0v) is 16.0. The number of hydrogen-bond acceptors (Lipinski definition) is 6. The molecular formula is C22H22N6O. The van der Waals surface area contributed by atoms with Gasteiger partial charge < -0.3 is 15.0 Å². The Morgan fingerprint density at radius 2 is 1.79 bits per heavy atom. The Kier molecular flexibility index (Phi) is 4.70. The van der Waals surface area contributed by atoms with E-state index >= 15 is 0 Å². The van der Waals surface area contributed by atoms with Crippen molar-refractivity contribution in [1.82, 2.24) is 20.2 Å². The fraction of sp³-hybridized carbons (Fsp3) is 0.227. The molecule has 0 amide bonds. The Balaban J connectivity index is 1.33. The number of hydrogen-bond donors (Lipinski definition) is 2. The lowest BCUT2D eigenvalue weighted by Crippen LogP contribution is -2.30. The maximum absolute atomic E-state index is 5.74. The number of benzene rings is 2. The summed E-state index contributed by atoms with van der Waals surface area (Å²) in [6.07, 6.45) is 0.890. The standard InChI is InChI=1S/C22H22N6O/c1-3-7-16(8-4-1)15-28-13-11-18-19-20(27-26-18)24-22(25-21(19)28)23-12-14-29-17-9-5-2-6-10-17/h1-10H,11-15H2,(H2,23,24,25,26,27). The van der Waals surface area contributed by atoms with Gasteiger partial charge in [0.25, 0.3) is 0 Å². The largest absolute Gasteiger partial charge is 0.492 e. The van der Waals surface area contributed by atoms with Crippen LogP contribution in [0.25, 0.3) is 11.0 Å². The van der Waals surface area contributed by atoms with Gasteiger partial charge in [-0.2, -0.15) is 15.1 Å². The second-order valence-electron chi connectivity index (χ2n) is 7.01. The van der Waals surface area contributed by atoms with Crippen molar-refractivity contribution in [3.05, 3.63) is 71.9 Å². The van der Waals surface area contributed by atoms with Gasteiger partial charge in [0.05, 0.1) is 17.6 Å². The van der Waals surface area contributed by atoms with Gasteiger partial charge in [0, 0.05) is 19.5 Å². The fourth-order valence-corrected chi connectivity index (χ4v) is 3.61. The molecule has 7 nitrogen and oxygen atoms in total. The molecular weight excluding hydrogens is 364 g/mol. The highest BCUT2D eigenvalue weighted by atomic mass is 16.5. The number of nitrogens with zero attached hydrogens (tertiary/aromatic N) is 4. The van der Waals surface area contributed by atoms with Crippen LogP contribution in [0.3, 0.4) is 0 Å². The molecule has 0 atom stereocenters. The van der Waals surface area contributed by atoms with Crippen molar-refractivity contribution in [2.75, 3.05) is 29.9 Å². The van der Waals surface area contributed by atoms with E-state index in [1.165, 1.54) is 5.56 Å². The van der Waals surface area contributed by atoms with E-state index in [4.69, 9.17) is 9.72 Å². The van der Waals surface area contributed by atoms with Gasteiger partial charge in [0.15, 0.2) is 5.65 Å². The van der Waals surface area contributed by atoms with Gasteiger partial charge >= 0.3 is 0 Å². The molecule has 0 radical (unpaired) electrons. The van der Waals surface area contributed by atoms with Crippen LogP contribution in [0, 0.1) is 0 Å². The molecule has 4 aromatic rings. The van der Waals surface area contributed by atoms with Crippen LogP contribution in [0.1, 0.15) is 11.3 Å². The van der Waals surface area contributed by atoms with Crippen molar-refractivity contribution in [1.29, 1.82) is 0 Å². The molecule has 0 fully saturated rings. The highest BCUT2D eigenvalue weighted by Crippen LogP contribution is 2.32. The van der Waals surface area contributed by atoms with Crippen molar-refractivity contribution in [3.8, 4) is 5.75 Å². The molecule has 2 aromatic carbocycles. The van der Waals surface area contributed by atoms with Gasteiger partial charge in [-0.25, -0.2) is 0 Å². The minimum Gasteiger partial charge on any atom is -0.492 e. The predicted molar refractivity (Wildman–Crippen MR) is 113 cm³/mol. The van der Waals surface area contributed by atoms with Gasteiger partial charge in [0.2, 0.25) is 5.95 Å². The highest BCUT2D eigenvalue weighted by molar-refractivity contribution is 5.91. The SMILES string of the molecule is c1ccc(CN2CCc3n[nH]c4nc(NCCOc5ccccc5)nc2c34)cc1. The lowest BCUT2D eigenvalue weighted by Gasteiger charge is -2.28. The lowest BCUT2D eigenvalue weighted by atomic mass is 10.1. The van der Waals surface area contributed by atoms with E-state index in [9.17, 15) is 0 Å². The van der Waals surface area contributed by atoms with Crippen LogP contribution in [-0.2, 0) is 13.0 Å². The summed E-state index contributed by atoms with van der Waals surface area (Å²) in [5.41, 5.74) is 3.07. The van der Waals surface area contributed by atoms with Crippen LogP contribution in [-0.4, -0.2) is 39.9 Å². The molecule has 5 rings (SSSR count). The van der Waals surface area contributed by atoms with Gasteiger partial charge in [0.1, 0.15) is 18.2 Å². The molecule has 1 aliphatic heterocycles. The summed E-state index contributed by atoms with van der Waals surface area (Å²) in [5, 5.41) is 11.8. The van der Waals surface area contributed by atoms with Gasteiger partial charge in [-0.05, 0) is 17.7 Å². The van der Waals surface area contributed by atoms with E-state index in [1.54, 1.807) is 0 Å². The smallest absolute Gasteiger partial charge is 0.226 e. The topological polar surface area (TPSA) is 79.0 Å². The number of H-pyrrole nitrogens is 1. The molecule has 2 N–H and O–H groups in total. The number of nitrogens with one attached hydrogen (secondary N) is 2. The number of para-hydroxylation sites is 1. The van der Waals surface area contributed by atoms with Crippen LogP contribution in [0.2, 0.25) is 0 Å². The Morgan fingerprint density at radius 3 is 2.62 bits per heavy atom. The van der Waals surface area contributed by atoms with E-state index in [0.29, 0.717) is 19.1 Å². The molecule has 3 heterocycles. The Hall–Kier alpha value is -3.61. The number of anilines is 2. The summed E-state index contributed by atoms with van der Waals surface area (Å²) >= 11 is 0. The molecule has 0 aliphatic carbocycles. The van der Waals surface area contributed by atoms with E-state index in [0.717, 1.165) is 47.8 Å². The first-order valence-corrected chi connectivity index (χ1v) is 9.82. The van der Waals surface area contributed by atoms with E-state index in [-0.39, 0.29) is 0 Å². The molecule has 0 unspecified atom stereocenters. The summed E-state index contributed by atoms with van der Waals surface area (Å²) < 4.78 is 5.74. The molecule has 2 aromatic heterocycles. The van der Waals surface area contributed by atoms with Crippen LogP contribution < -0.4 is 15.0 Å². The van der Waals surface area contributed by atoms with Crippen LogP contribution >= 0.6 is 0 Å². The van der Waals surface area contributed by atoms with Crippen molar-refractivity contribution in [3.63, 3.8) is 0 Å². The molecule has 29 heavy (non-hydrogen) atoms. The number of aromatic nitrogens is 4. The molecule has 0 saturated heterocycles. The van der Waals surface area contributed by atoms with Crippen molar-refractivity contribution in [2.45, 2.75) is 13.0 Å². The predicted octanol–water partition coefficient (Wildman–Crippen LogP) is 3.41. The molecule has 1 aliphatic rings. The summed E-state index contributed by atoms with van der Waals surface area (Å²) in [6, 6.07) is 20.2. The zero-order chi connectivity index (χ0) is 19.5. The average molecular weight is 386 g/mol. The minimum absolute atomic E-state index is 0.530. The fourth-order valence-electron chi connectivity index (χ4n) is 3.61. The van der Waals surface area contributed by atoms with Crippen LogP contribution in [0.5, 0.6) is 5.75 Å². The lowest BCUT2D eigenvalue weighted by molar-refractivity contribution is 0.332. The third kappa shape index (κ3) is 3.71. The number of ether oxygens (including phenoxy) is 1. The van der Waals surface area contributed by atoms with Gasteiger partial charge in [-0.1, -0.05) is 48.5 Å². The summed E-state index contributed by atoms with van der Waals surface area (Å²) in [4.78, 5) is 11.7. The van der Waals surface area contributed by atoms with Crippen molar-refractivity contribution >= 4 is 22.8 Å². The first-order chi connectivity index (χ1) is 14.4. The van der Waals surface area contributed by atoms with E-state index < -0.39 is 0 Å². The summed E-state index contributed by atoms with van der Waals surface area (Å²) in [6.45, 7) is 2.84. The van der Waals surface area contributed by atoms with Crippen LogP contribution in [0.15, 0.2) is 60.7 Å². The Morgan fingerprint density at radius 1 is 1.00 bits per heavy atom. The highest BCUT2D eigenvalue weighted by Gasteiger charge is 2.24. The van der Waals surface area contributed by atoms with Crippen molar-refractivity contribution in [2.24, 2.45) is 0 Å². The molecule has 0 bridgehead atoms. The summed E-state index contributed by atoms with van der Waals surface area (Å²) in [7, 11) is 0. The second-order valence-corrected chi connectivity index (χ2v) is 7.01. The zero-order valence-electron chi connectivity index (χ0n) is 16.0. The van der Waals surface area contributed by atoms with Crippen molar-refractivity contribution < 1.29 is 4.74 Å². The third-order valence-electron chi connectivity index (χ3n) is 5.01. The normalized spacial score (nSPS) is 12.9. The number of rotatable bonds is 7. The maximum atomic E-state index is 5.74. The first kappa shape index (κ1) is 17.5. The third-order valence-corrected chi connectivity index (χ3v) is 5.01. The molecule has 0 saturated carbocycles. The number of aromatic amines is 1. The Labute approximate surface area is 168 Å². The first-order valence-electron chi connectivity index (χ1n) is 9.82. The van der Waals surface area contributed by atoms with Gasteiger partial charge in [-0.15, -0.1) is 0 Å². The van der Waals surface area contributed by atoms with Gasteiger partial charge in [-0.3, -0.25) is 5.10 Å². The van der Waals surface area contributed by atoms with E-state index in [2.05, 4.69) is 49.7 Å². The summed E-state index contributed by atoms with van der Waals surface area (Å²) in [5.74, 6) is 2.37. The molecule has 0 spiro atoms. The minimum atomic E-state index is 0.530. The molecule has 146 valence electrons.